The molecule has 0 saturated carbocycles. The van der Waals surface area contributed by atoms with E-state index in [2.05, 4.69) is 18.9 Å². The van der Waals surface area contributed by atoms with Crippen molar-refractivity contribution in [2.45, 2.75) is 38.6 Å². The van der Waals surface area contributed by atoms with Gasteiger partial charge in [-0.2, -0.15) is 0 Å². The molecule has 1 saturated heterocycles. The van der Waals surface area contributed by atoms with E-state index in [0.29, 0.717) is 29.4 Å². The zero-order valence-corrected chi connectivity index (χ0v) is 15.8. The highest BCUT2D eigenvalue weighted by molar-refractivity contribution is 6.42. The molecule has 1 heterocycles. The Labute approximate surface area is 154 Å². The van der Waals surface area contributed by atoms with Gasteiger partial charge in [0, 0.05) is 37.8 Å². The minimum absolute atomic E-state index is 0.0815. The standard InChI is InChI=1S/C18H25Cl2N3O/c1-3-4-14(21)11-15-12-22(2)7-8-23(15)18(24)10-13-5-6-16(19)17(20)9-13/h5-6,9,15,21H,3-4,7-8,10-12H2,1-2H3. The van der Waals surface area contributed by atoms with Crippen LogP contribution in [0.1, 0.15) is 31.7 Å². The highest BCUT2D eigenvalue weighted by Crippen LogP contribution is 2.23. The fraction of sp³-hybridized carbons (Fsp3) is 0.556. The number of amides is 1. The Kier molecular flexibility index (Phi) is 7.08. The Bertz CT molecular complexity index is 606. The maximum atomic E-state index is 12.8. The Morgan fingerprint density at radius 3 is 2.71 bits per heavy atom. The van der Waals surface area contributed by atoms with Gasteiger partial charge in [0.2, 0.25) is 5.91 Å². The van der Waals surface area contributed by atoms with Gasteiger partial charge in [-0.1, -0.05) is 42.6 Å². The molecule has 1 N–H and O–H groups in total. The second kappa shape index (κ2) is 8.84. The number of carbonyl (C=O) groups excluding carboxylic acids is 1. The Morgan fingerprint density at radius 2 is 2.04 bits per heavy atom. The summed E-state index contributed by atoms with van der Waals surface area (Å²) in [5.41, 5.74) is 1.60. The molecular weight excluding hydrogens is 345 g/mol. The molecule has 0 bridgehead atoms. The number of likely N-dealkylation sites (N-methyl/N-ethyl adjacent to an activating group) is 1. The summed E-state index contributed by atoms with van der Waals surface area (Å²) < 4.78 is 0. The van der Waals surface area contributed by atoms with Crippen molar-refractivity contribution in [3.05, 3.63) is 33.8 Å². The van der Waals surface area contributed by atoms with Crippen molar-refractivity contribution in [2.75, 3.05) is 26.7 Å². The molecule has 24 heavy (non-hydrogen) atoms. The summed E-state index contributed by atoms with van der Waals surface area (Å²) in [5, 5.41) is 9.08. The van der Waals surface area contributed by atoms with Crippen LogP contribution in [-0.2, 0) is 11.2 Å². The first kappa shape index (κ1) is 19.2. The van der Waals surface area contributed by atoms with Gasteiger partial charge in [-0.05, 0) is 31.2 Å². The van der Waals surface area contributed by atoms with E-state index < -0.39 is 0 Å². The molecule has 6 heteroatoms. The van der Waals surface area contributed by atoms with Crippen LogP contribution in [0.15, 0.2) is 18.2 Å². The van der Waals surface area contributed by atoms with Gasteiger partial charge in [0.1, 0.15) is 0 Å². The normalized spacial score (nSPS) is 18.7. The van der Waals surface area contributed by atoms with Crippen LogP contribution in [-0.4, -0.2) is 54.1 Å². The monoisotopic (exact) mass is 369 g/mol. The topological polar surface area (TPSA) is 47.4 Å². The van der Waals surface area contributed by atoms with Crippen molar-refractivity contribution in [1.29, 1.82) is 5.41 Å². The molecule has 1 amide bonds. The van der Waals surface area contributed by atoms with Crippen LogP contribution in [0.5, 0.6) is 0 Å². The Balaban J connectivity index is 2.06. The van der Waals surface area contributed by atoms with Gasteiger partial charge in [-0.15, -0.1) is 0 Å². The van der Waals surface area contributed by atoms with Crippen LogP contribution in [0.3, 0.4) is 0 Å². The van der Waals surface area contributed by atoms with Crippen molar-refractivity contribution in [1.82, 2.24) is 9.80 Å². The first-order chi connectivity index (χ1) is 11.4. The zero-order chi connectivity index (χ0) is 17.7. The van der Waals surface area contributed by atoms with Crippen LogP contribution >= 0.6 is 23.2 Å². The van der Waals surface area contributed by atoms with Gasteiger partial charge in [0.15, 0.2) is 0 Å². The number of nitrogens with one attached hydrogen (secondary N) is 1. The van der Waals surface area contributed by atoms with Crippen molar-refractivity contribution < 1.29 is 4.79 Å². The highest BCUT2D eigenvalue weighted by Gasteiger charge is 2.29. The SMILES string of the molecule is CCCC(=N)CC1CN(C)CCN1C(=O)Cc1ccc(Cl)c(Cl)c1. The lowest BCUT2D eigenvalue weighted by molar-refractivity contribution is -0.134. The molecule has 0 spiro atoms. The number of piperazine rings is 1. The van der Waals surface area contributed by atoms with E-state index in [0.717, 1.165) is 37.2 Å². The molecule has 1 aliphatic heterocycles. The van der Waals surface area contributed by atoms with E-state index in [-0.39, 0.29) is 11.9 Å². The van der Waals surface area contributed by atoms with Crippen LogP contribution in [0, 0.1) is 5.41 Å². The molecular formula is C18H25Cl2N3O. The summed E-state index contributed by atoms with van der Waals surface area (Å²) >= 11 is 12.0. The average Bonchev–Trinajstić information content (AvgIpc) is 2.51. The summed E-state index contributed by atoms with van der Waals surface area (Å²) in [7, 11) is 2.07. The van der Waals surface area contributed by atoms with Gasteiger partial charge in [0.05, 0.1) is 16.5 Å². The summed E-state index contributed by atoms with van der Waals surface area (Å²) in [6.45, 7) is 4.47. The molecule has 1 fully saturated rings. The van der Waals surface area contributed by atoms with E-state index in [4.69, 9.17) is 28.6 Å². The van der Waals surface area contributed by atoms with Gasteiger partial charge in [0.25, 0.3) is 0 Å². The second-order valence-electron chi connectivity index (χ2n) is 6.49. The smallest absolute Gasteiger partial charge is 0.227 e. The van der Waals surface area contributed by atoms with Crippen molar-refractivity contribution in [3.63, 3.8) is 0 Å². The molecule has 0 aliphatic carbocycles. The minimum Gasteiger partial charge on any atom is -0.336 e. The predicted octanol–water partition coefficient (Wildman–Crippen LogP) is 3.89. The van der Waals surface area contributed by atoms with Crippen LogP contribution < -0.4 is 0 Å². The first-order valence-electron chi connectivity index (χ1n) is 8.39. The number of hydrogen-bond acceptors (Lipinski definition) is 3. The van der Waals surface area contributed by atoms with Gasteiger partial charge >= 0.3 is 0 Å². The lowest BCUT2D eigenvalue weighted by Crippen LogP contribution is -2.55. The van der Waals surface area contributed by atoms with E-state index in [1.54, 1.807) is 12.1 Å². The van der Waals surface area contributed by atoms with Crippen molar-refractivity contribution in [3.8, 4) is 0 Å². The lowest BCUT2D eigenvalue weighted by atomic mass is 10.0. The average molecular weight is 370 g/mol. The summed E-state index contributed by atoms with van der Waals surface area (Å²) in [4.78, 5) is 16.9. The maximum Gasteiger partial charge on any atom is 0.227 e. The highest BCUT2D eigenvalue weighted by atomic mass is 35.5. The Morgan fingerprint density at radius 1 is 1.29 bits per heavy atom. The van der Waals surface area contributed by atoms with Crippen LogP contribution in [0.4, 0.5) is 0 Å². The third-order valence-electron chi connectivity index (χ3n) is 4.38. The lowest BCUT2D eigenvalue weighted by Gasteiger charge is -2.40. The molecule has 1 aliphatic rings. The maximum absolute atomic E-state index is 12.8. The minimum atomic E-state index is 0.0815. The third kappa shape index (κ3) is 5.20. The number of hydrogen-bond donors (Lipinski definition) is 1. The molecule has 1 aromatic carbocycles. The molecule has 2 rings (SSSR count). The van der Waals surface area contributed by atoms with Crippen LogP contribution in [0.25, 0.3) is 0 Å². The first-order valence-corrected chi connectivity index (χ1v) is 9.14. The van der Waals surface area contributed by atoms with E-state index >= 15 is 0 Å². The van der Waals surface area contributed by atoms with Crippen LogP contribution in [0.2, 0.25) is 10.0 Å². The third-order valence-corrected chi connectivity index (χ3v) is 5.12. The summed E-state index contributed by atoms with van der Waals surface area (Å²) in [5.74, 6) is 0.0933. The molecule has 1 aromatic rings. The molecule has 0 radical (unpaired) electrons. The molecule has 4 nitrogen and oxygen atoms in total. The van der Waals surface area contributed by atoms with E-state index in [1.165, 1.54) is 0 Å². The van der Waals surface area contributed by atoms with Gasteiger partial charge < -0.3 is 15.2 Å². The quantitative estimate of drug-likeness (QED) is 0.773. The number of nitrogens with zero attached hydrogens (tertiary/aromatic N) is 2. The molecule has 1 atom stereocenters. The second-order valence-corrected chi connectivity index (χ2v) is 7.30. The summed E-state index contributed by atoms with van der Waals surface area (Å²) in [6, 6.07) is 5.41. The number of benzene rings is 1. The van der Waals surface area contributed by atoms with Crippen molar-refractivity contribution in [2.24, 2.45) is 0 Å². The fourth-order valence-electron chi connectivity index (χ4n) is 3.13. The van der Waals surface area contributed by atoms with E-state index in [9.17, 15) is 4.79 Å². The predicted molar refractivity (Wildman–Crippen MR) is 100 cm³/mol. The molecule has 1 unspecified atom stereocenters. The van der Waals surface area contributed by atoms with Gasteiger partial charge in [-0.3, -0.25) is 4.79 Å². The fourth-order valence-corrected chi connectivity index (χ4v) is 3.45. The zero-order valence-electron chi connectivity index (χ0n) is 14.3. The number of halogens is 2. The number of rotatable bonds is 6. The molecule has 132 valence electrons. The van der Waals surface area contributed by atoms with Crippen molar-refractivity contribution >= 4 is 34.8 Å². The summed E-state index contributed by atoms with van der Waals surface area (Å²) in [6.07, 6.45) is 2.75. The van der Waals surface area contributed by atoms with E-state index in [1.807, 2.05) is 11.0 Å². The van der Waals surface area contributed by atoms with Gasteiger partial charge in [-0.25, -0.2) is 0 Å². The Hall–Kier alpha value is -1.10. The number of carbonyl (C=O) groups is 1. The largest absolute Gasteiger partial charge is 0.336 e. The molecule has 0 aromatic heterocycles.